The fraction of sp³-hybridized carbons (Fsp3) is 0.200. The van der Waals surface area contributed by atoms with E-state index in [1.807, 2.05) is 48.5 Å². The summed E-state index contributed by atoms with van der Waals surface area (Å²) in [4.78, 5) is 8.77. The molecule has 2 aromatic carbocycles. The van der Waals surface area contributed by atoms with E-state index in [2.05, 4.69) is 20.6 Å². The van der Waals surface area contributed by atoms with Gasteiger partial charge in [-0.3, -0.25) is 0 Å². The molecule has 1 aromatic heterocycles. The van der Waals surface area contributed by atoms with Crippen molar-refractivity contribution in [2.45, 2.75) is 6.54 Å². The Morgan fingerprint density at radius 2 is 1.81 bits per heavy atom. The topological polar surface area (TPSA) is 77.5 Å². The molecule has 0 saturated carbocycles. The van der Waals surface area contributed by atoms with Gasteiger partial charge in [-0.25, -0.2) is 4.98 Å². The van der Waals surface area contributed by atoms with Crippen molar-refractivity contribution in [2.24, 2.45) is 0 Å². The number of fused-ring (bicyclic) bond motifs is 1. The first-order chi connectivity index (χ1) is 13.3. The van der Waals surface area contributed by atoms with Gasteiger partial charge in [0, 0.05) is 24.5 Å². The van der Waals surface area contributed by atoms with Crippen molar-refractivity contribution in [2.75, 3.05) is 31.0 Å². The summed E-state index contributed by atoms with van der Waals surface area (Å²) in [5, 5.41) is 6.49. The molecule has 7 heteroatoms. The lowest BCUT2D eigenvalue weighted by Crippen LogP contribution is -2.15. The number of rotatable bonds is 6. The van der Waals surface area contributed by atoms with Crippen LogP contribution >= 0.6 is 0 Å². The predicted molar refractivity (Wildman–Crippen MR) is 103 cm³/mol. The maximum atomic E-state index is 5.61. The number of hydrogen-bond acceptors (Lipinski definition) is 7. The van der Waals surface area contributed by atoms with E-state index < -0.39 is 0 Å². The fourth-order valence-corrected chi connectivity index (χ4v) is 2.71. The van der Waals surface area contributed by atoms with E-state index in [1.165, 1.54) is 0 Å². The normalized spacial score (nSPS) is 12.3. The van der Waals surface area contributed by atoms with Gasteiger partial charge in [-0.15, -0.1) is 0 Å². The van der Waals surface area contributed by atoms with Gasteiger partial charge in [0.15, 0.2) is 11.5 Å². The number of anilines is 3. The molecule has 4 rings (SSSR count). The monoisotopic (exact) mass is 364 g/mol. The first kappa shape index (κ1) is 17.0. The summed E-state index contributed by atoms with van der Waals surface area (Å²) < 4.78 is 16.3. The van der Waals surface area contributed by atoms with Crippen molar-refractivity contribution in [1.82, 2.24) is 9.97 Å². The first-order valence-electron chi connectivity index (χ1n) is 8.67. The smallest absolute Gasteiger partial charge is 0.224 e. The SMILES string of the molecule is COc1ccc(CNc2nccc(Nc3ccc4c(c3)OCCO4)n2)cc1. The molecule has 2 N–H and O–H groups in total. The highest BCUT2D eigenvalue weighted by atomic mass is 16.6. The summed E-state index contributed by atoms with van der Waals surface area (Å²) in [6.07, 6.45) is 1.71. The molecule has 0 saturated heterocycles. The maximum Gasteiger partial charge on any atom is 0.224 e. The Bertz CT molecular complexity index is 915. The van der Waals surface area contributed by atoms with Crippen LogP contribution in [0.3, 0.4) is 0 Å². The van der Waals surface area contributed by atoms with Crippen molar-refractivity contribution in [3.63, 3.8) is 0 Å². The number of nitrogens with one attached hydrogen (secondary N) is 2. The standard InChI is InChI=1S/C20H20N4O3/c1-25-16-5-2-14(3-6-16)13-22-20-21-9-8-19(24-20)23-15-4-7-17-18(12-15)27-11-10-26-17/h2-9,12H,10-11,13H2,1H3,(H2,21,22,23,24). The second-order valence-corrected chi connectivity index (χ2v) is 5.95. The highest BCUT2D eigenvalue weighted by molar-refractivity contribution is 5.62. The van der Waals surface area contributed by atoms with Gasteiger partial charge < -0.3 is 24.8 Å². The third-order valence-electron chi connectivity index (χ3n) is 4.08. The van der Waals surface area contributed by atoms with Crippen LogP contribution in [0.2, 0.25) is 0 Å². The molecule has 0 spiro atoms. The van der Waals surface area contributed by atoms with E-state index in [9.17, 15) is 0 Å². The minimum absolute atomic E-state index is 0.549. The first-order valence-corrected chi connectivity index (χ1v) is 8.67. The van der Waals surface area contributed by atoms with Gasteiger partial charge in [0.1, 0.15) is 24.8 Å². The van der Waals surface area contributed by atoms with Gasteiger partial charge in [-0.05, 0) is 35.9 Å². The maximum absolute atomic E-state index is 5.61. The molecular formula is C20H20N4O3. The lowest BCUT2D eigenvalue weighted by molar-refractivity contribution is 0.171. The number of methoxy groups -OCH3 is 1. The predicted octanol–water partition coefficient (Wildman–Crippen LogP) is 3.61. The Kier molecular flexibility index (Phi) is 4.91. The Labute approximate surface area is 157 Å². The minimum Gasteiger partial charge on any atom is -0.497 e. The summed E-state index contributed by atoms with van der Waals surface area (Å²) in [6.45, 7) is 1.76. The van der Waals surface area contributed by atoms with Crippen LogP contribution in [0.5, 0.6) is 17.2 Å². The molecule has 0 aliphatic carbocycles. The molecule has 3 aromatic rings. The van der Waals surface area contributed by atoms with E-state index in [0.29, 0.717) is 31.5 Å². The lowest BCUT2D eigenvalue weighted by Gasteiger charge is -2.19. The molecule has 1 aliphatic heterocycles. The average Bonchev–Trinajstić information content (AvgIpc) is 2.73. The molecule has 0 atom stereocenters. The van der Waals surface area contributed by atoms with Crippen LogP contribution in [0.25, 0.3) is 0 Å². The molecule has 1 aliphatic rings. The Morgan fingerprint density at radius 1 is 1.00 bits per heavy atom. The highest BCUT2D eigenvalue weighted by Gasteiger charge is 2.12. The van der Waals surface area contributed by atoms with Crippen LogP contribution in [0.15, 0.2) is 54.7 Å². The van der Waals surface area contributed by atoms with Gasteiger partial charge in [0.25, 0.3) is 0 Å². The number of hydrogen-bond donors (Lipinski definition) is 2. The van der Waals surface area contributed by atoms with Crippen molar-refractivity contribution >= 4 is 17.5 Å². The van der Waals surface area contributed by atoms with Gasteiger partial charge in [-0.1, -0.05) is 12.1 Å². The third-order valence-corrected chi connectivity index (χ3v) is 4.08. The van der Waals surface area contributed by atoms with Crippen molar-refractivity contribution in [3.05, 3.63) is 60.3 Å². The third kappa shape index (κ3) is 4.20. The van der Waals surface area contributed by atoms with Crippen LogP contribution in [-0.2, 0) is 6.54 Å². The van der Waals surface area contributed by atoms with Crippen LogP contribution in [-0.4, -0.2) is 30.3 Å². The Hall–Kier alpha value is -3.48. The molecule has 7 nitrogen and oxygen atoms in total. The quantitative estimate of drug-likeness (QED) is 0.692. The summed E-state index contributed by atoms with van der Waals surface area (Å²) >= 11 is 0. The number of benzene rings is 2. The molecule has 0 unspecified atom stereocenters. The summed E-state index contributed by atoms with van der Waals surface area (Å²) in [5.41, 5.74) is 1.99. The second-order valence-electron chi connectivity index (χ2n) is 5.95. The lowest BCUT2D eigenvalue weighted by atomic mass is 10.2. The van der Waals surface area contributed by atoms with E-state index in [-0.39, 0.29) is 0 Å². The minimum atomic E-state index is 0.549. The average molecular weight is 364 g/mol. The zero-order chi connectivity index (χ0) is 18.5. The molecule has 2 heterocycles. The molecule has 27 heavy (non-hydrogen) atoms. The molecule has 0 amide bonds. The summed E-state index contributed by atoms with van der Waals surface area (Å²) in [5.74, 6) is 3.57. The number of ether oxygens (including phenoxy) is 3. The Balaban J connectivity index is 1.41. The van der Waals surface area contributed by atoms with E-state index in [0.717, 1.165) is 28.5 Å². The van der Waals surface area contributed by atoms with Crippen LogP contribution in [0.4, 0.5) is 17.5 Å². The molecular weight excluding hydrogens is 344 g/mol. The summed E-state index contributed by atoms with van der Waals surface area (Å²) in [7, 11) is 1.65. The van der Waals surface area contributed by atoms with Gasteiger partial charge >= 0.3 is 0 Å². The number of nitrogens with zero attached hydrogens (tertiary/aromatic N) is 2. The van der Waals surface area contributed by atoms with Crippen molar-refractivity contribution < 1.29 is 14.2 Å². The van der Waals surface area contributed by atoms with Crippen LogP contribution < -0.4 is 24.8 Å². The van der Waals surface area contributed by atoms with Crippen molar-refractivity contribution in [3.8, 4) is 17.2 Å². The molecule has 0 fully saturated rings. The van der Waals surface area contributed by atoms with E-state index in [4.69, 9.17) is 14.2 Å². The zero-order valence-electron chi connectivity index (χ0n) is 14.9. The molecule has 0 radical (unpaired) electrons. The van der Waals surface area contributed by atoms with Gasteiger partial charge in [0.05, 0.1) is 7.11 Å². The zero-order valence-corrected chi connectivity index (χ0v) is 14.9. The summed E-state index contributed by atoms with van der Waals surface area (Å²) in [6, 6.07) is 15.4. The van der Waals surface area contributed by atoms with Crippen molar-refractivity contribution in [1.29, 1.82) is 0 Å². The van der Waals surface area contributed by atoms with Crippen LogP contribution in [0.1, 0.15) is 5.56 Å². The second kappa shape index (κ2) is 7.82. The fourth-order valence-electron chi connectivity index (χ4n) is 2.71. The van der Waals surface area contributed by atoms with Gasteiger partial charge in [-0.2, -0.15) is 4.98 Å². The van der Waals surface area contributed by atoms with Crippen LogP contribution in [0, 0.1) is 0 Å². The Morgan fingerprint density at radius 3 is 2.63 bits per heavy atom. The molecule has 0 bridgehead atoms. The highest BCUT2D eigenvalue weighted by Crippen LogP contribution is 2.33. The number of aromatic nitrogens is 2. The van der Waals surface area contributed by atoms with E-state index >= 15 is 0 Å². The molecule has 138 valence electrons. The van der Waals surface area contributed by atoms with Gasteiger partial charge in [0.2, 0.25) is 5.95 Å². The largest absolute Gasteiger partial charge is 0.497 e. The van der Waals surface area contributed by atoms with E-state index in [1.54, 1.807) is 13.3 Å².